The van der Waals surface area contributed by atoms with Crippen LogP contribution >= 0.6 is 27.3 Å². The normalized spacial score (nSPS) is 14.8. The average Bonchev–Trinajstić information content (AvgIpc) is 2.65. The molecule has 0 aromatic carbocycles. The third-order valence-corrected chi connectivity index (χ3v) is 4.37. The summed E-state index contributed by atoms with van der Waals surface area (Å²) in [4.78, 5) is 4.48. The van der Waals surface area contributed by atoms with E-state index in [1.54, 1.807) is 6.92 Å². The molecule has 0 aliphatic heterocycles. The van der Waals surface area contributed by atoms with E-state index < -0.39 is 11.4 Å². The number of halogens is 2. The second-order valence-corrected chi connectivity index (χ2v) is 5.33. The number of aromatic nitrogens is 1. The summed E-state index contributed by atoms with van der Waals surface area (Å²) >= 11 is 4.76. The average molecular weight is 302 g/mol. The van der Waals surface area contributed by atoms with Crippen LogP contribution in [0.3, 0.4) is 0 Å². The maximum atomic E-state index is 13.1. The first-order valence-electron chi connectivity index (χ1n) is 4.58. The molecule has 2 rings (SSSR count). The molecule has 0 saturated carbocycles. The van der Waals surface area contributed by atoms with E-state index in [4.69, 9.17) is 0 Å². The maximum absolute atomic E-state index is 13.1. The number of pyridine rings is 1. The van der Waals surface area contributed by atoms with Crippen molar-refractivity contribution in [2.45, 2.75) is 12.5 Å². The SMILES string of the molecule is CC(O)(c1cncc(F)c1)c1sccc1Br. The van der Waals surface area contributed by atoms with E-state index in [-0.39, 0.29) is 0 Å². The van der Waals surface area contributed by atoms with Crippen molar-refractivity contribution in [1.29, 1.82) is 0 Å². The van der Waals surface area contributed by atoms with Crippen LogP contribution in [0, 0.1) is 5.82 Å². The standard InChI is InChI=1S/C11H9BrFNOS/c1-11(15,10-9(12)2-3-16-10)7-4-8(13)6-14-5-7/h2-6,15H,1H3. The van der Waals surface area contributed by atoms with Gasteiger partial charge in [-0.25, -0.2) is 4.39 Å². The fourth-order valence-corrected chi connectivity index (χ4v) is 3.29. The van der Waals surface area contributed by atoms with Crippen LogP contribution in [0.1, 0.15) is 17.4 Å². The highest BCUT2D eigenvalue weighted by atomic mass is 79.9. The Balaban J connectivity index is 2.51. The van der Waals surface area contributed by atoms with Gasteiger partial charge in [-0.3, -0.25) is 4.98 Å². The monoisotopic (exact) mass is 301 g/mol. The molecule has 0 aliphatic carbocycles. The van der Waals surface area contributed by atoms with Crippen molar-refractivity contribution in [3.8, 4) is 0 Å². The van der Waals surface area contributed by atoms with Crippen LogP contribution in [0.4, 0.5) is 4.39 Å². The first-order valence-corrected chi connectivity index (χ1v) is 6.26. The molecule has 2 heterocycles. The third kappa shape index (κ3) is 2.03. The van der Waals surface area contributed by atoms with E-state index >= 15 is 0 Å². The van der Waals surface area contributed by atoms with Crippen molar-refractivity contribution < 1.29 is 9.50 Å². The Morgan fingerprint density at radius 3 is 2.81 bits per heavy atom. The molecule has 0 fully saturated rings. The molecule has 5 heteroatoms. The summed E-state index contributed by atoms with van der Waals surface area (Å²) in [6.45, 7) is 1.63. The number of rotatable bonds is 2. The zero-order valence-corrected chi connectivity index (χ0v) is 10.8. The van der Waals surface area contributed by atoms with Crippen molar-refractivity contribution >= 4 is 27.3 Å². The predicted molar refractivity (Wildman–Crippen MR) is 64.9 cm³/mol. The molecule has 2 aromatic rings. The quantitative estimate of drug-likeness (QED) is 0.923. The van der Waals surface area contributed by atoms with Crippen LogP contribution in [-0.2, 0) is 5.60 Å². The lowest BCUT2D eigenvalue weighted by atomic mass is 9.96. The molecule has 2 aromatic heterocycles. The lowest BCUT2D eigenvalue weighted by Crippen LogP contribution is -2.22. The van der Waals surface area contributed by atoms with Gasteiger partial charge in [0.25, 0.3) is 0 Å². The molecule has 1 N–H and O–H groups in total. The minimum atomic E-state index is -1.23. The molecule has 0 amide bonds. The zero-order valence-electron chi connectivity index (χ0n) is 8.45. The van der Waals surface area contributed by atoms with E-state index in [1.165, 1.54) is 23.6 Å². The molecule has 1 atom stereocenters. The smallest absolute Gasteiger partial charge is 0.141 e. The highest BCUT2D eigenvalue weighted by Gasteiger charge is 2.29. The van der Waals surface area contributed by atoms with Gasteiger partial charge in [-0.1, -0.05) is 0 Å². The predicted octanol–water partition coefficient (Wildman–Crippen LogP) is 3.30. The summed E-state index contributed by atoms with van der Waals surface area (Å²) in [5, 5.41) is 12.3. The number of hydrogen-bond donors (Lipinski definition) is 1. The molecule has 84 valence electrons. The van der Waals surface area contributed by atoms with Crippen LogP contribution < -0.4 is 0 Å². The second kappa shape index (κ2) is 4.24. The van der Waals surface area contributed by atoms with Gasteiger partial charge >= 0.3 is 0 Å². The van der Waals surface area contributed by atoms with Gasteiger partial charge in [0.2, 0.25) is 0 Å². The zero-order chi connectivity index (χ0) is 11.8. The van der Waals surface area contributed by atoms with Gasteiger partial charge in [0.1, 0.15) is 11.4 Å². The Kier molecular flexibility index (Phi) is 3.10. The summed E-state index contributed by atoms with van der Waals surface area (Å²) in [7, 11) is 0. The lowest BCUT2D eigenvalue weighted by Gasteiger charge is -2.22. The van der Waals surface area contributed by atoms with E-state index in [2.05, 4.69) is 20.9 Å². The topological polar surface area (TPSA) is 33.1 Å². The first-order chi connectivity index (χ1) is 7.51. The second-order valence-electron chi connectivity index (χ2n) is 3.56. The van der Waals surface area contributed by atoms with Gasteiger partial charge in [0.15, 0.2) is 0 Å². The van der Waals surface area contributed by atoms with Crippen LogP contribution in [-0.4, -0.2) is 10.1 Å². The Morgan fingerprint density at radius 1 is 1.50 bits per heavy atom. The molecular formula is C11H9BrFNOS. The van der Waals surface area contributed by atoms with Crippen molar-refractivity contribution in [2.24, 2.45) is 0 Å². The van der Waals surface area contributed by atoms with Crippen LogP contribution in [0.2, 0.25) is 0 Å². The Bertz CT molecular complexity index is 512. The Morgan fingerprint density at radius 2 is 2.25 bits per heavy atom. The fraction of sp³-hybridized carbons (Fsp3) is 0.182. The van der Waals surface area contributed by atoms with E-state index in [9.17, 15) is 9.50 Å². The molecule has 0 spiro atoms. The van der Waals surface area contributed by atoms with E-state index in [0.717, 1.165) is 15.5 Å². The molecule has 0 radical (unpaired) electrons. The molecule has 0 bridgehead atoms. The summed E-state index contributed by atoms with van der Waals surface area (Å²) in [6.07, 6.45) is 2.58. The maximum Gasteiger partial charge on any atom is 0.141 e. The van der Waals surface area contributed by atoms with Gasteiger partial charge < -0.3 is 5.11 Å². The molecular weight excluding hydrogens is 293 g/mol. The number of aliphatic hydroxyl groups is 1. The largest absolute Gasteiger partial charge is 0.380 e. The molecule has 0 aliphatic rings. The van der Waals surface area contributed by atoms with Crippen molar-refractivity contribution in [2.75, 3.05) is 0 Å². The fourth-order valence-electron chi connectivity index (χ4n) is 1.45. The van der Waals surface area contributed by atoms with E-state index in [0.29, 0.717) is 5.56 Å². The lowest BCUT2D eigenvalue weighted by molar-refractivity contribution is 0.105. The minimum Gasteiger partial charge on any atom is -0.380 e. The van der Waals surface area contributed by atoms with Crippen LogP contribution in [0.25, 0.3) is 0 Å². The van der Waals surface area contributed by atoms with Crippen LogP contribution in [0.15, 0.2) is 34.4 Å². The highest BCUT2D eigenvalue weighted by Crippen LogP contribution is 2.37. The van der Waals surface area contributed by atoms with Gasteiger partial charge in [0.05, 0.1) is 11.1 Å². The molecule has 2 nitrogen and oxygen atoms in total. The summed E-state index contributed by atoms with van der Waals surface area (Å²) in [6, 6.07) is 3.14. The van der Waals surface area contributed by atoms with Crippen LogP contribution in [0.5, 0.6) is 0 Å². The summed E-state index contributed by atoms with van der Waals surface area (Å²) in [5.74, 6) is -0.453. The number of hydrogen-bond acceptors (Lipinski definition) is 3. The number of thiophene rings is 1. The number of nitrogens with zero attached hydrogens (tertiary/aromatic N) is 1. The molecule has 0 saturated heterocycles. The van der Waals surface area contributed by atoms with Crippen molar-refractivity contribution in [3.63, 3.8) is 0 Å². The first kappa shape index (κ1) is 11.7. The Hall–Kier alpha value is -0.780. The minimum absolute atomic E-state index is 0.440. The van der Waals surface area contributed by atoms with Gasteiger partial charge in [0, 0.05) is 16.2 Å². The molecule has 1 unspecified atom stereocenters. The Labute approximate surface area is 105 Å². The highest BCUT2D eigenvalue weighted by molar-refractivity contribution is 9.10. The molecule has 16 heavy (non-hydrogen) atoms. The van der Waals surface area contributed by atoms with Gasteiger partial charge in [-0.15, -0.1) is 11.3 Å². The third-order valence-electron chi connectivity index (χ3n) is 2.33. The van der Waals surface area contributed by atoms with E-state index in [1.807, 2.05) is 11.4 Å². The van der Waals surface area contributed by atoms with Crippen molar-refractivity contribution in [3.05, 3.63) is 50.6 Å². The van der Waals surface area contributed by atoms with Crippen molar-refractivity contribution in [1.82, 2.24) is 4.98 Å². The van der Waals surface area contributed by atoms with Gasteiger partial charge in [-0.05, 0) is 40.4 Å². The summed E-state index contributed by atoms with van der Waals surface area (Å²) < 4.78 is 13.9. The van der Waals surface area contributed by atoms with Gasteiger partial charge in [-0.2, -0.15) is 0 Å². The summed E-state index contributed by atoms with van der Waals surface area (Å²) in [5.41, 5.74) is -0.794.